The van der Waals surface area contributed by atoms with Gasteiger partial charge < -0.3 is 10.3 Å². The minimum absolute atomic E-state index is 0.00301. The van der Waals surface area contributed by atoms with Gasteiger partial charge >= 0.3 is 0 Å². The molecule has 8 heteroatoms. The normalized spacial score (nSPS) is 10.7. The molecule has 0 saturated heterocycles. The summed E-state index contributed by atoms with van der Waals surface area (Å²) in [5.41, 5.74) is 3.05. The number of amides is 1. The number of benzene rings is 2. The lowest BCUT2D eigenvalue weighted by molar-refractivity contribution is -0.120. The first kappa shape index (κ1) is 21.1. The average Bonchev–Trinajstić information content (AvgIpc) is 2.68. The first-order chi connectivity index (χ1) is 13.9. The molecule has 3 rings (SSSR count). The van der Waals surface area contributed by atoms with E-state index < -0.39 is 5.82 Å². The van der Waals surface area contributed by atoms with Crippen LogP contribution in [-0.4, -0.2) is 15.9 Å². The number of aryl methyl sites for hydroxylation is 1. The number of aromatic nitrogens is 2. The number of carbonyl (C=O) groups is 1. The molecule has 1 aromatic heterocycles. The minimum Gasteiger partial charge on any atom is -0.352 e. The summed E-state index contributed by atoms with van der Waals surface area (Å²) >= 11 is 7.14. The average molecular weight is 432 g/mol. The van der Waals surface area contributed by atoms with Gasteiger partial charge in [0.2, 0.25) is 5.91 Å². The monoisotopic (exact) mass is 431 g/mol. The molecule has 0 saturated carbocycles. The Hall–Kier alpha value is -2.64. The summed E-state index contributed by atoms with van der Waals surface area (Å²) in [6.45, 7) is 2.23. The van der Waals surface area contributed by atoms with Crippen LogP contribution in [0.3, 0.4) is 0 Å². The van der Waals surface area contributed by atoms with Crippen LogP contribution in [0.2, 0.25) is 5.02 Å². The van der Waals surface area contributed by atoms with E-state index in [4.69, 9.17) is 11.6 Å². The third kappa shape index (κ3) is 6.44. The lowest BCUT2D eigenvalue weighted by Crippen LogP contribution is -2.26. The number of nitrogens with zero attached hydrogens (tertiary/aromatic N) is 1. The van der Waals surface area contributed by atoms with E-state index in [9.17, 15) is 14.0 Å². The molecule has 0 aliphatic carbocycles. The lowest BCUT2D eigenvalue weighted by Gasteiger charge is -2.07. The largest absolute Gasteiger partial charge is 0.352 e. The summed E-state index contributed by atoms with van der Waals surface area (Å²) in [5.74, 6) is -0.146. The molecule has 150 valence electrons. The molecule has 0 atom stereocenters. The maximum Gasteiger partial charge on any atom is 0.251 e. The van der Waals surface area contributed by atoms with Crippen molar-refractivity contribution in [2.24, 2.45) is 0 Å². The molecule has 0 bridgehead atoms. The molecule has 0 aliphatic heterocycles. The molecule has 29 heavy (non-hydrogen) atoms. The summed E-state index contributed by atoms with van der Waals surface area (Å²) in [6.07, 6.45) is -0.0308. The van der Waals surface area contributed by atoms with Gasteiger partial charge in [0, 0.05) is 18.4 Å². The Kier molecular flexibility index (Phi) is 7.06. The summed E-state index contributed by atoms with van der Waals surface area (Å²) < 4.78 is 13.2. The molecule has 0 unspecified atom stereocenters. The van der Waals surface area contributed by atoms with Gasteiger partial charge in [-0.1, -0.05) is 59.3 Å². The zero-order chi connectivity index (χ0) is 20.8. The second-order valence-electron chi connectivity index (χ2n) is 6.52. The van der Waals surface area contributed by atoms with E-state index >= 15 is 0 Å². The van der Waals surface area contributed by atoms with Crippen LogP contribution in [0.25, 0.3) is 0 Å². The zero-order valence-corrected chi connectivity index (χ0v) is 17.2. The van der Waals surface area contributed by atoms with Crippen molar-refractivity contribution in [3.8, 4) is 0 Å². The van der Waals surface area contributed by atoms with Crippen molar-refractivity contribution in [1.82, 2.24) is 15.3 Å². The van der Waals surface area contributed by atoms with Gasteiger partial charge in [0.15, 0.2) is 5.16 Å². The Morgan fingerprint density at radius 1 is 1.17 bits per heavy atom. The number of carbonyl (C=O) groups excluding carboxylic acids is 1. The molecule has 1 amide bonds. The lowest BCUT2D eigenvalue weighted by atomic mass is 10.2. The maximum absolute atomic E-state index is 13.2. The summed E-state index contributed by atoms with van der Waals surface area (Å²) in [6, 6.07) is 13.7. The van der Waals surface area contributed by atoms with Crippen LogP contribution in [0, 0.1) is 12.7 Å². The van der Waals surface area contributed by atoms with Gasteiger partial charge in [-0.25, -0.2) is 9.37 Å². The molecular weight excluding hydrogens is 413 g/mol. The number of halogens is 2. The Balaban J connectivity index is 1.58. The quantitative estimate of drug-likeness (QED) is 0.437. The van der Waals surface area contributed by atoms with E-state index in [1.807, 2.05) is 31.2 Å². The van der Waals surface area contributed by atoms with Crippen molar-refractivity contribution in [1.29, 1.82) is 0 Å². The fraction of sp³-hybridized carbons (Fsp3) is 0.190. The van der Waals surface area contributed by atoms with Crippen molar-refractivity contribution >= 4 is 29.3 Å². The Bertz CT molecular complexity index is 1070. The van der Waals surface area contributed by atoms with Gasteiger partial charge in [0.25, 0.3) is 5.56 Å². The molecule has 0 fully saturated rings. The van der Waals surface area contributed by atoms with E-state index in [2.05, 4.69) is 15.3 Å². The molecule has 5 nitrogen and oxygen atoms in total. The van der Waals surface area contributed by atoms with Crippen LogP contribution < -0.4 is 10.9 Å². The summed E-state index contributed by atoms with van der Waals surface area (Å²) in [4.78, 5) is 31.1. The van der Waals surface area contributed by atoms with Crippen LogP contribution in [0.15, 0.2) is 58.5 Å². The third-order valence-corrected chi connectivity index (χ3v) is 5.32. The van der Waals surface area contributed by atoms with Gasteiger partial charge in [-0.15, -0.1) is 0 Å². The number of thioether (sulfide) groups is 1. The topological polar surface area (TPSA) is 74.8 Å². The number of aromatic amines is 1. The molecule has 0 spiro atoms. The highest BCUT2D eigenvalue weighted by Crippen LogP contribution is 2.19. The van der Waals surface area contributed by atoms with Crippen molar-refractivity contribution in [2.75, 3.05) is 0 Å². The SMILES string of the molecule is Cc1ccc(CSc2nc(CC(=O)NCc3ccc(F)c(Cl)c3)cc(=O)[nH]2)cc1. The van der Waals surface area contributed by atoms with Crippen molar-refractivity contribution in [3.05, 3.63) is 92.1 Å². The van der Waals surface area contributed by atoms with Crippen LogP contribution in [0.4, 0.5) is 4.39 Å². The van der Waals surface area contributed by atoms with E-state index in [0.717, 1.165) is 5.56 Å². The Morgan fingerprint density at radius 2 is 1.90 bits per heavy atom. The molecular formula is C21H19ClFN3O2S. The highest BCUT2D eigenvalue weighted by atomic mass is 35.5. The molecule has 1 heterocycles. The second-order valence-corrected chi connectivity index (χ2v) is 7.89. The van der Waals surface area contributed by atoms with Gasteiger partial charge in [-0.2, -0.15) is 0 Å². The number of hydrogen-bond acceptors (Lipinski definition) is 4. The third-order valence-electron chi connectivity index (χ3n) is 4.08. The number of nitrogens with one attached hydrogen (secondary N) is 2. The molecule has 0 radical (unpaired) electrons. The predicted molar refractivity (Wildman–Crippen MR) is 113 cm³/mol. The zero-order valence-electron chi connectivity index (χ0n) is 15.7. The highest BCUT2D eigenvalue weighted by molar-refractivity contribution is 7.98. The first-order valence-corrected chi connectivity index (χ1v) is 10.2. The standard InChI is InChI=1S/C21H19ClFN3O2S/c1-13-2-4-14(5-3-13)12-29-21-25-16(10-20(28)26-21)9-19(27)24-11-15-6-7-18(23)17(22)8-15/h2-8,10H,9,11-12H2,1H3,(H,24,27)(H,25,26,28). The summed E-state index contributed by atoms with van der Waals surface area (Å²) in [5, 5.41) is 3.18. The van der Waals surface area contributed by atoms with Gasteiger partial charge in [0.05, 0.1) is 17.1 Å². The van der Waals surface area contributed by atoms with Crippen LogP contribution >= 0.6 is 23.4 Å². The van der Waals surface area contributed by atoms with Crippen LogP contribution in [-0.2, 0) is 23.5 Å². The van der Waals surface area contributed by atoms with Crippen LogP contribution in [0.5, 0.6) is 0 Å². The smallest absolute Gasteiger partial charge is 0.251 e. The Morgan fingerprint density at radius 3 is 2.62 bits per heavy atom. The maximum atomic E-state index is 13.2. The number of hydrogen-bond donors (Lipinski definition) is 2. The second kappa shape index (κ2) is 9.71. The van der Waals surface area contributed by atoms with Crippen molar-refractivity contribution < 1.29 is 9.18 Å². The first-order valence-electron chi connectivity index (χ1n) is 8.88. The molecule has 2 N–H and O–H groups in total. The predicted octanol–water partition coefficient (Wildman–Crippen LogP) is 4.02. The molecule has 3 aromatic rings. The number of H-pyrrole nitrogens is 1. The van der Waals surface area contributed by atoms with E-state index in [1.54, 1.807) is 6.07 Å². The molecule has 0 aliphatic rings. The highest BCUT2D eigenvalue weighted by Gasteiger charge is 2.09. The van der Waals surface area contributed by atoms with Gasteiger partial charge in [0.1, 0.15) is 5.82 Å². The minimum atomic E-state index is -0.509. The molecule has 2 aromatic carbocycles. The van der Waals surface area contributed by atoms with Gasteiger partial charge in [-0.3, -0.25) is 9.59 Å². The number of rotatable bonds is 7. The van der Waals surface area contributed by atoms with E-state index in [-0.39, 0.29) is 29.5 Å². The fourth-order valence-corrected chi connectivity index (χ4v) is 3.61. The van der Waals surface area contributed by atoms with E-state index in [0.29, 0.717) is 22.2 Å². The van der Waals surface area contributed by atoms with Crippen LogP contribution in [0.1, 0.15) is 22.4 Å². The van der Waals surface area contributed by atoms with E-state index in [1.165, 1.54) is 35.5 Å². The van der Waals surface area contributed by atoms with Crippen molar-refractivity contribution in [3.63, 3.8) is 0 Å². The Labute approximate surface area is 176 Å². The fourth-order valence-electron chi connectivity index (χ4n) is 2.56. The summed E-state index contributed by atoms with van der Waals surface area (Å²) in [7, 11) is 0. The van der Waals surface area contributed by atoms with Gasteiger partial charge in [-0.05, 0) is 30.2 Å². The van der Waals surface area contributed by atoms with Crippen molar-refractivity contribution in [2.45, 2.75) is 30.8 Å².